The summed E-state index contributed by atoms with van der Waals surface area (Å²) in [5.41, 5.74) is 0. The van der Waals surface area contributed by atoms with Crippen LogP contribution >= 0.6 is 11.8 Å². The van der Waals surface area contributed by atoms with Gasteiger partial charge in [0.05, 0.1) is 0 Å². The lowest BCUT2D eigenvalue weighted by molar-refractivity contribution is 0.313. The average Bonchev–Trinajstić information content (AvgIpc) is 2.52. The van der Waals surface area contributed by atoms with Crippen molar-refractivity contribution >= 4 is 22.0 Å². The lowest BCUT2D eigenvalue weighted by atomic mass is 10.1. The maximum absolute atomic E-state index is 12.5. The Morgan fingerprint density at radius 1 is 1.06 bits per heavy atom. The number of nitrogens with one attached hydrogen (secondary N) is 1. The van der Waals surface area contributed by atoms with Crippen LogP contribution in [0.4, 0.5) is 0 Å². The molecule has 0 spiro atoms. The molecule has 5 nitrogen and oxygen atoms in total. The molecule has 0 aromatic carbocycles. The molecule has 2 heterocycles. The summed E-state index contributed by atoms with van der Waals surface area (Å²) < 4.78 is 28.5. The number of piperazine rings is 1. The van der Waals surface area contributed by atoms with E-state index in [9.17, 15) is 8.42 Å². The van der Waals surface area contributed by atoms with Crippen molar-refractivity contribution in [2.45, 2.75) is 25.0 Å². The number of hydrogen-bond acceptors (Lipinski definition) is 4. The van der Waals surface area contributed by atoms with E-state index in [1.54, 1.807) is 8.61 Å². The molecule has 0 aromatic rings. The molecule has 0 unspecified atom stereocenters. The Morgan fingerprint density at radius 3 is 2.33 bits per heavy atom. The van der Waals surface area contributed by atoms with Gasteiger partial charge in [0.25, 0.3) is 10.2 Å². The van der Waals surface area contributed by atoms with Crippen molar-refractivity contribution in [2.24, 2.45) is 0 Å². The summed E-state index contributed by atoms with van der Waals surface area (Å²) in [6.07, 6.45) is 0.920. The molecule has 2 saturated heterocycles. The molecule has 0 radical (unpaired) electrons. The standard InChI is InChI=1S/C11H23N3O2S2/c1-11(2)3-6-13(9-10-17-11)18(15,16)14-7-4-12-5-8-14/h12H,3-10H2,1-2H3. The Bertz CT molecular complexity index is 378. The van der Waals surface area contributed by atoms with Crippen molar-refractivity contribution in [1.29, 1.82) is 0 Å². The van der Waals surface area contributed by atoms with E-state index in [4.69, 9.17) is 0 Å². The van der Waals surface area contributed by atoms with Crippen LogP contribution in [0.15, 0.2) is 0 Å². The zero-order valence-electron chi connectivity index (χ0n) is 11.2. The molecule has 7 heteroatoms. The Balaban J connectivity index is 2.05. The largest absolute Gasteiger partial charge is 0.314 e. The van der Waals surface area contributed by atoms with E-state index in [1.165, 1.54) is 0 Å². The van der Waals surface area contributed by atoms with E-state index in [0.29, 0.717) is 26.2 Å². The fourth-order valence-corrected chi connectivity index (χ4v) is 5.10. The molecular weight excluding hydrogens is 270 g/mol. The molecule has 106 valence electrons. The first kappa shape index (κ1) is 14.6. The van der Waals surface area contributed by atoms with Crippen LogP contribution in [0.5, 0.6) is 0 Å². The van der Waals surface area contributed by atoms with E-state index in [2.05, 4.69) is 19.2 Å². The summed E-state index contributed by atoms with van der Waals surface area (Å²) in [6, 6.07) is 0. The van der Waals surface area contributed by atoms with Crippen LogP contribution < -0.4 is 5.32 Å². The van der Waals surface area contributed by atoms with Crippen molar-refractivity contribution in [1.82, 2.24) is 13.9 Å². The van der Waals surface area contributed by atoms with Gasteiger partial charge in [0.15, 0.2) is 0 Å². The second kappa shape index (κ2) is 5.66. The van der Waals surface area contributed by atoms with E-state index in [0.717, 1.165) is 25.3 Å². The van der Waals surface area contributed by atoms with Gasteiger partial charge in [-0.1, -0.05) is 13.8 Å². The molecular formula is C11H23N3O2S2. The predicted molar refractivity (Wildman–Crippen MR) is 76.1 cm³/mol. The van der Waals surface area contributed by atoms with Crippen LogP contribution in [0.3, 0.4) is 0 Å². The summed E-state index contributed by atoms with van der Waals surface area (Å²) >= 11 is 1.87. The third-order valence-electron chi connectivity index (χ3n) is 3.53. The molecule has 2 aliphatic rings. The summed E-state index contributed by atoms with van der Waals surface area (Å²) in [6.45, 7) is 8.37. The molecule has 2 fully saturated rings. The first-order valence-corrected chi connectivity index (χ1v) is 8.90. The monoisotopic (exact) mass is 293 g/mol. The molecule has 1 N–H and O–H groups in total. The van der Waals surface area contributed by atoms with Gasteiger partial charge in [-0.2, -0.15) is 28.8 Å². The normalized spacial score (nSPS) is 27.9. The average molecular weight is 293 g/mol. The Kier molecular flexibility index (Phi) is 4.59. The van der Waals surface area contributed by atoms with Crippen LogP contribution in [-0.4, -0.2) is 66.8 Å². The summed E-state index contributed by atoms with van der Waals surface area (Å²) in [5, 5.41) is 3.19. The number of thioether (sulfide) groups is 1. The Labute approximate surface area is 114 Å². The third-order valence-corrected chi connectivity index (χ3v) is 6.93. The topological polar surface area (TPSA) is 52.7 Å². The molecule has 2 rings (SSSR count). The zero-order chi connectivity index (χ0) is 13.2. The highest BCUT2D eigenvalue weighted by atomic mass is 32.2. The minimum atomic E-state index is -3.25. The van der Waals surface area contributed by atoms with E-state index < -0.39 is 10.2 Å². The fraction of sp³-hybridized carbons (Fsp3) is 1.00. The van der Waals surface area contributed by atoms with Gasteiger partial charge < -0.3 is 5.32 Å². The molecule has 0 saturated carbocycles. The highest BCUT2D eigenvalue weighted by Gasteiger charge is 2.34. The van der Waals surface area contributed by atoms with Crippen molar-refractivity contribution in [3.05, 3.63) is 0 Å². The van der Waals surface area contributed by atoms with Gasteiger partial charge >= 0.3 is 0 Å². The van der Waals surface area contributed by atoms with Gasteiger partial charge in [0, 0.05) is 49.8 Å². The van der Waals surface area contributed by atoms with Crippen molar-refractivity contribution in [3.8, 4) is 0 Å². The molecule has 2 aliphatic heterocycles. The van der Waals surface area contributed by atoms with E-state index in [1.807, 2.05) is 11.8 Å². The number of rotatable bonds is 2. The smallest absolute Gasteiger partial charge is 0.282 e. The highest BCUT2D eigenvalue weighted by Crippen LogP contribution is 2.31. The first-order valence-electron chi connectivity index (χ1n) is 6.52. The van der Waals surface area contributed by atoms with E-state index in [-0.39, 0.29) is 4.75 Å². The SMILES string of the molecule is CC1(C)CCN(S(=O)(=O)N2CCNCC2)CCS1. The summed E-state index contributed by atoms with van der Waals surface area (Å²) in [7, 11) is -3.25. The third kappa shape index (κ3) is 3.39. The van der Waals surface area contributed by atoms with Crippen molar-refractivity contribution < 1.29 is 8.42 Å². The lowest BCUT2D eigenvalue weighted by Gasteiger charge is -2.32. The molecule has 0 aliphatic carbocycles. The van der Waals surface area contributed by atoms with Crippen LogP contribution in [0, 0.1) is 0 Å². The Morgan fingerprint density at radius 2 is 1.67 bits per heavy atom. The molecule has 0 bridgehead atoms. The second-order valence-corrected chi connectivity index (χ2v) is 9.14. The summed E-state index contributed by atoms with van der Waals surface area (Å²) in [5.74, 6) is 0.887. The van der Waals surface area contributed by atoms with Crippen molar-refractivity contribution in [2.75, 3.05) is 45.0 Å². The highest BCUT2D eigenvalue weighted by molar-refractivity contribution is 8.00. The fourth-order valence-electron chi connectivity index (χ4n) is 2.27. The van der Waals surface area contributed by atoms with Crippen LogP contribution in [-0.2, 0) is 10.2 Å². The zero-order valence-corrected chi connectivity index (χ0v) is 12.8. The van der Waals surface area contributed by atoms with Gasteiger partial charge in [-0.25, -0.2) is 0 Å². The van der Waals surface area contributed by atoms with E-state index >= 15 is 0 Å². The predicted octanol–water partition coefficient (Wildman–Crippen LogP) is 0.354. The van der Waals surface area contributed by atoms with Gasteiger partial charge in [0.1, 0.15) is 0 Å². The molecule has 0 atom stereocenters. The quantitative estimate of drug-likeness (QED) is 0.798. The van der Waals surface area contributed by atoms with Gasteiger partial charge in [0.2, 0.25) is 0 Å². The van der Waals surface area contributed by atoms with Crippen LogP contribution in [0.1, 0.15) is 20.3 Å². The van der Waals surface area contributed by atoms with Crippen LogP contribution in [0.2, 0.25) is 0 Å². The first-order chi connectivity index (χ1) is 8.42. The number of nitrogens with zero attached hydrogens (tertiary/aromatic N) is 2. The van der Waals surface area contributed by atoms with Gasteiger partial charge in [-0.15, -0.1) is 0 Å². The van der Waals surface area contributed by atoms with Crippen molar-refractivity contribution in [3.63, 3.8) is 0 Å². The maximum Gasteiger partial charge on any atom is 0.282 e. The molecule has 0 aromatic heterocycles. The van der Waals surface area contributed by atoms with Gasteiger partial charge in [-0.05, 0) is 6.42 Å². The second-order valence-electron chi connectivity index (χ2n) is 5.41. The lowest BCUT2D eigenvalue weighted by Crippen LogP contribution is -2.52. The summed E-state index contributed by atoms with van der Waals surface area (Å²) in [4.78, 5) is 0. The minimum absolute atomic E-state index is 0.188. The minimum Gasteiger partial charge on any atom is -0.314 e. The maximum atomic E-state index is 12.5. The molecule has 0 amide bonds. The van der Waals surface area contributed by atoms with Crippen LogP contribution in [0.25, 0.3) is 0 Å². The number of hydrogen-bond donors (Lipinski definition) is 1. The van der Waals surface area contributed by atoms with Gasteiger partial charge in [-0.3, -0.25) is 0 Å². The Hall–Kier alpha value is 0.180. The molecule has 18 heavy (non-hydrogen) atoms.